The maximum Gasteiger partial charge on any atom is 0.211 e. The van der Waals surface area contributed by atoms with Crippen LogP contribution in [0.4, 0.5) is 0 Å². The quantitative estimate of drug-likeness (QED) is 0.875. The maximum atomic E-state index is 11.5. The Labute approximate surface area is 125 Å². The number of hydrogen-bond donors (Lipinski definition) is 0. The molecule has 0 spiro atoms. The largest absolute Gasteiger partial charge is 0.261 e. The zero-order valence-electron chi connectivity index (χ0n) is 12.2. The Bertz CT molecular complexity index is 735. The van der Waals surface area contributed by atoms with Crippen LogP contribution in [0.5, 0.6) is 0 Å². The molecule has 112 valence electrons. The third-order valence-electron chi connectivity index (χ3n) is 4.23. The molecule has 1 aliphatic rings. The minimum atomic E-state index is -3.03. The van der Waals surface area contributed by atoms with Crippen LogP contribution in [0.2, 0.25) is 0 Å². The summed E-state index contributed by atoms with van der Waals surface area (Å²) >= 11 is 0. The Morgan fingerprint density at radius 1 is 1.19 bits per heavy atom. The number of benzene rings is 1. The molecule has 0 unspecified atom stereocenters. The predicted molar refractivity (Wildman–Crippen MR) is 84.6 cm³/mol. The first kappa shape index (κ1) is 14.5. The van der Waals surface area contributed by atoms with Crippen LogP contribution in [0, 0.1) is 5.92 Å². The molecule has 0 aliphatic carbocycles. The number of pyridine rings is 1. The van der Waals surface area contributed by atoms with Crippen molar-refractivity contribution in [3.8, 4) is 0 Å². The first-order valence-corrected chi connectivity index (χ1v) is 9.16. The lowest BCUT2D eigenvalue weighted by molar-refractivity contribution is 0.273. The summed E-state index contributed by atoms with van der Waals surface area (Å²) in [6, 6.07) is 10.4. The second-order valence-corrected chi connectivity index (χ2v) is 7.81. The highest BCUT2D eigenvalue weighted by molar-refractivity contribution is 7.88. The number of piperidine rings is 1. The average Bonchev–Trinajstić information content (AvgIpc) is 2.47. The van der Waals surface area contributed by atoms with Gasteiger partial charge in [-0.15, -0.1) is 0 Å². The van der Waals surface area contributed by atoms with Crippen LogP contribution >= 0.6 is 0 Å². The molecule has 2 heterocycles. The Kier molecular flexibility index (Phi) is 3.95. The first-order chi connectivity index (χ1) is 10.0. The Hall–Kier alpha value is -1.46. The fourth-order valence-corrected chi connectivity index (χ4v) is 3.86. The van der Waals surface area contributed by atoms with Gasteiger partial charge in [-0.05, 0) is 36.6 Å². The van der Waals surface area contributed by atoms with Gasteiger partial charge >= 0.3 is 0 Å². The van der Waals surface area contributed by atoms with Gasteiger partial charge in [-0.25, -0.2) is 12.7 Å². The molecule has 4 nitrogen and oxygen atoms in total. The zero-order valence-corrected chi connectivity index (χ0v) is 13.0. The second-order valence-electron chi connectivity index (χ2n) is 5.83. The van der Waals surface area contributed by atoms with Crippen LogP contribution in [-0.4, -0.2) is 37.1 Å². The monoisotopic (exact) mass is 304 g/mol. The normalized spacial score (nSPS) is 18.1. The maximum absolute atomic E-state index is 11.5. The molecular formula is C16H20N2O2S. The summed E-state index contributed by atoms with van der Waals surface area (Å²) in [5, 5.41) is 2.38. The van der Waals surface area contributed by atoms with E-state index in [2.05, 4.69) is 23.2 Å². The molecular weight excluding hydrogens is 284 g/mol. The van der Waals surface area contributed by atoms with Gasteiger partial charge in [0.1, 0.15) is 0 Å². The molecule has 21 heavy (non-hydrogen) atoms. The van der Waals surface area contributed by atoms with E-state index in [1.165, 1.54) is 11.6 Å². The predicted octanol–water partition coefficient (Wildman–Crippen LogP) is 2.45. The van der Waals surface area contributed by atoms with E-state index in [0.29, 0.717) is 19.0 Å². The van der Waals surface area contributed by atoms with E-state index in [9.17, 15) is 8.42 Å². The lowest BCUT2D eigenvalue weighted by atomic mass is 9.92. The summed E-state index contributed by atoms with van der Waals surface area (Å²) in [6.07, 6.45) is 5.99. The zero-order chi connectivity index (χ0) is 14.9. The number of sulfonamides is 1. The van der Waals surface area contributed by atoms with E-state index < -0.39 is 10.0 Å². The molecule has 0 bridgehead atoms. The molecule has 1 saturated heterocycles. The molecule has 0 amide bonds. The van der Waals surface area contributed by atoms with E-state index in [0.717, 1.165) is 30.3 Å². The van der Waals surface area contributed by atoms with E-state index >= 15 is 0 Å². The van der Waals surface area contributed by atoms with Gasteiger partial charge in [0.2, 0.25) is 10.0 Å². The van der Waals surface area contributed by atoms with Gasteiger partial charge in [0.05, 0.1) is 6.26 Å². The van der Waals surface area contributed by atoms with Gasteiger partial charge < -0.3 is 0 Å². The molecule has 0 radical (unpaired) electrons. The summed E-state index contributed by atoms with van der Waals surface area (Å²) in [5.41, 5.74) is 1.10. The van der Waals surface area contributed by atoms with Gasteiger partial charge in [-0.3, -0.25) is 4.98 Å². The number of aromatic nitrogens is 1. The molecule has 5 heteroatoms. The van der Waals surface area contributed by atoms with E-state index in [-0.39, 0.29) is 0 Å². The summed E-state index contributed by atoms with van der Waals surface area (Å²) < 4.78 is 24.6. The lowest BCUT2D eigenvalue weighted by Gasteiger charge is -2.30. The van der Waals surface area contributed by atoms with E-state index in [4.69, 9.17) is 0 Å². The molecule has 0 saturated carbocycles. The van der Waals surface area contributed by atoms with Crippen molar-refractivity contribution in [3.63, 3.8) is 0 Å². The van der Waals surface area contributed by atoms with Crippen molar-refractivity contribution < 1.29 is 8.42 Å². The molecule has 1 aromatic carbocycles. The van der Waals surface area contributed by atoms with Crippen molar-refractivity contribution in [1.29, 1.82) is 0 Å². The summed E-state index contributed by atoms with van der Waals surface area (Å²) in [4.78, 5) is 4.54. The van der Waals surface area contributed by atoms with Crippen LogP contribution in [0.15, 0.2) is 36.5 Å². The standard InChI is InChI=1S/C16H20N2O2S/c1-21(19,20)18-8-6-13(7-9-18)10-16-11-14-4-2-3-5-15(14)12-17-16/h2-5,11-13H,6-10H2,1H3. The topological polar surface area (TPSA) is 50.3 Å². The van der Waals surface area contributed by atoms with Crippen molar-refractivity contribution in [2.24, 2.45) is 5.92 Å². The van der Waals surface area contributed by atoms with Crippen molar-refractivity contribution in [2.45, 2.75) is 19.3 Å². The number of fused-ring (bicyclic) bond motifs is 1. The first-order valence-electron chi connectivity index (χ1n) is 7.31. The number of rotatable bonds is 3. The highest BCUT2D eigenvalue weighted by atomic mass is 32.2. The third-order valence-corrected chi connectivity index (χ3v) is 5.53. The van der Waals surface area contributed by atoms with Crippen LogP contribution < -0.4 is 0 Å². The fraction of sp³-hybridized carbons (Fsp3) is 0.438. The highest BCUT2D eigenvalue weighted by Crippen LogP contribution is 2.23. The summed E-state index contributed by atoms with van der Waals surface area (Å²) in [5.74, 6) is 0.525. The van der Waals surface area contributed by atoms with Crippen molar-refractivity contribution in [1.82, 2.24) is 9.29 Å². The van der Waals surface area contributed by atoms with Gasteiger partial charge in [0, 0.05) is 30.4 Å². The average molecular weight is 304 g/mol. The molecule has 3 rings (SSSR count). The highest BCUT2D eigenvalue weighted by Gasteiger charge is 2.25. The van der Waals surface area contributed by atoms with Gasteiger partial charge in [0.15, 0.2) is 0 Å². The molecule has 1 aromatic heterocycles. The number of hydrogen-bond acceptors (Lipinski definition) is 3. The summed E-state index contributed by atoms with van der Waals surface area (Å²) in [6.45, 7) is 1.27. The van der Waals surface area contributed by atoms with Crippen LogP contribution in [0.25, 0.3) is 10.8 Å². The third kappa shape index (κ3) is 3.41. The van der Waals surface area contributed by atoms with Crippen molar-refractivity contribution >= 4 is 20.8 Å². The molecule has 2 aromatic rings. The Morgan fingerprint density at radius 3 is 2.52 bits per heavy atom. The molecule has 1 fully saturated rings. The van der Waals surface area contributed by atoms with Crippen LogP contribution in [0.3, 0.4) is 0 Å². The minimum absolute atomic E-state index is 0.525. The Morgan fingerprint density at radius 2 is 1.86 bits per heavy atom. The Balaban J connectivity index is 1.67. The second kappa shape index (κ2) is 5.73. The van der Waals surface area contributed by atoms with Gasteiger partial charge in [0.25, 0.3) is 0 Å². The minimum Gasteiger partial charge on any atom is -0.261 e. The molecule has 0 N–H and O–H groups in total. The lowest BCUT2D eigenvalue weighted by Crippen LogP contribution is -2.38. The van der Waals surface area contributed by atoms with Crippen LogP contribution in [-0.2, 0) is 16.4 Å². The smallest absolute Gasteiger partial charge is 0.211 e. The van der Waals surface area contributed by atoms with Crippen LogP contribution in [0.1, 0.15) is 18.5 Å². The van der Waals surface area contributed by atoms with Gasteiger partial charge in [-0.2, -0.15) is 0 Å². The van der Waals surface area contributed by atoms with Gasteiger partial charge in [-0.1, -0.05) is 24.3 Å². The van der Waals surface area contributed by atoms with Crippen molar-refractivity contribution in [2.75, 3.05) is 19.3 Å². The molecule has 1 aliphatic heterocycles. The number of nitrogens with zero attached hydrogens (tertiary/aromatic N) is 2. The van der Waals surface area contributed by atoms with E-state index in [1.54, 1.807) is 4.31 Å². The van der Waals surface area contributed by atoms with E-state index in [1.807, 2.05) is 18.3 Å². The summed E-state index contributed by atoms with van der Waals surface area (Å²) in [7, 11) is -3.03. The van der Waals surface area contributed by atoms with Crippen molar-refractivity contribution in [3.05, 3.63) is 42.2 Å². The fourth-order valence-electron chi connectivity index (χ4n) is 2.98. The SMILES string of the molecule is CS(=O)(=O)N1CCC(Cc2cc3ccccc3cn2)CC1. The molecule has 0 atom stereocenters.